The summed E-state index contributed by atoms with van der Waals surface area (Å²) in [6, 6.07) is 0. The van der Waals surface area contributed by atoms with Crippen LogP contribution in [0.5, 0.6) is 0 Å². The summed E-state index contributed by atoms with van der Waals surface area (Å²) in [6.07, 6.45) is 2.69. The third kappa shape index (κ3) is 2.74. The monoisotopic (exact) mass is 336 g/mol. The molecule has 3 aliphatic rings. The molecule has 24 heavy (non-hydrogen) atoms. The van der Waals surface area contributed by atoms with Gasteiger partial charge in [0.05, 0.1) is 5.92 Å². The summed E-state index contributed by atoms with van der Waals surface area (Å²) in [6.45, 7) is 3.51. The van der Waals surface area contributed by atoms with Crippen LogP contribution in [0, 0.1) is 12.8 Å². The highest BCUT2D eigenvalue weighted by atomic mass is 19.3. The molecule has 1 aliphatic carbocycles. The zero-order valence-electron chi connectivity index (χ0n) is 13.9. The van der Waals surface area contributed by atoms with E-state index in [0.29, 0.717) is 13.1 Å². The first-order chi connectivity index (χ1) is 11.4. The van der Waals surface area contributed by atoms with Crippen molar-refractivity contribution in [2.75, 3.05) is 31.1 Å². The summed E-state index contributed by atoms with van der Waals surface area (Å²) in [5.41, 5.74) is 2.37. The van der Waals surface area contributed by atoms with E-state index in [-0.39, 0.29) is 37.8 Å². The Labute approximate surface area is 140 Å². The second-order valence-electron chi connectivity index (χ2n) is 7.16. The molecule has 0 N–H and O–H groups in total. The van der Waals surface area contributed by atoms with E-state index in [9.17, 15) is 13.6 Å². The van der Waals surface area contributed by atoms with Gasteiger partial charge in [0.15, 0.2) is 0 Å². The molecule has 7 heteroatoms. The molecule has 2 saturated heterocycles. The molecule has 1 aromatic rings. The van der Waals surface area contributed by atoms with Crippen molar-refractivity contribution in [2.24, 2.45) is 5.92 Å². The van der Waals surface area contributed by atoms with Crippen LogP contribution in [0.25, 0.3) is 0 Å². The highest BCUT2D eigenvalue weighted by Gasteiger charge is 2.41. The number of carbonyl (C=O) groups excluding carboxylic acids is 1. The zero-order valence-corrected chi connectivity index (χ0v) is 13.9. The van der Waals surface area contributed by atoms with Gasteiger partial charge in [0.25, 0.3) is 5.92 Å². The molecule has 2 fully saturated rings. The molecule has 130 valence electrons. The Morgan fingerprint density at radius 1 is 1.17 bits per heavy atom. The van der Waals surface area contributed by atoms with Crippen LogP contribution in [0.15, 0.2) is 0 Å². The molecular formula is C17H22F2N4O. The lowest BCUT2D eigenvalue weighted by Gasteiger charge is -2.43. The number of alkyl halides is 2. The summed E-state index contributed by atoms with van der Waals surface area (Å²) in [7, 11) is 0. The van der Waals surface area contributed by atoms with E-state index < -0.39 is 5.92 Å². The van der Waals surface area contributed by atoms with Crippen molar-refractivity contribution in [2.45, 2.75) is 45.0 Å². The highest BCUT2D eigenvalue weighted by molar-refractivity contribution is 5.82. The Hall–Kier alpha value is -1.79. The van der Waals surface area contributed by atoms with E-state index in [1.165, 1.54) is 5.56 Å². The van der Waals surface area contributed by atoms with Gasteiger partial charge in [0, 0.05) is 50.3 Å². The average molecular weight is 336 g/mol. The number of nitrogens with zero attached hydrogens (tertiary/aromatic N) is 4. The highest BCUT2D eigenvalue weighted by Crippen LogP contribution is 2.34. The third-order valence-electron chi connectivity index (χ3n) is 5.36. The largest absolute Gasteiger partial charge is 0.355 e. The molecule has 0 radical (unpaired) electrons. The van der Waals surface area contributed by atoms with Gasteiger partial charge in [-0.05, 0) is 26.2 Å². The van der Waals surface area contributed by atoms with Crippen LogP contribution in [0.4, 0.5) is 14.6 Å². The van der Waals surface area contributed by atoms with E-state index >= 15 is 0 Å². The van der Waals surface area contributed by atoms with Crippen LogP contribution in [0.1, 0.15) is 36.3 Å². The number of aromatic nitrogens is 2. The van der Waals surface area contributed by atoms with Gasteiger partial charge in [0.1, 0.15) is 11.6 Å². The molecule has 3 heterocycles. The van der Waals surface area contributed by atoms with Gasteiger partial charge in [-0.1, -0.05) is 0 Å². The number of amides is 1. The molecule has 0 bridgehead atoms. The number of anilines is 1. The normalized spacial score (nSPS) is 23.1. The topological polar surface area (TPSA) is 49.3 Å². The van der Waals surface area contributed by atoms with E-state index in [0.717, 1.165) is 36.6 Å². The van der Waals surface area contributed by atoms with Crippen LogP contribution < -0.4 is 4.90 Å². The van der Waals surface area contributed by atoms with E-state index in [4.69, 9.17) is 0 Å². The van der Waals surface area contributed by atoms with Crippen LogP contribution >= 0.6 is 0 Å². The van der Waals surface area contributed by atoms with Crippen molar-refractivity contribution in [3.63, 3.8) is 0 Å². The predicted molar refractivity (Wildman–Crippen MR) is 85.3 cm³/mol. The third-order valence-corrected chi connectivity index (χ3v) is 5.36. The smallest absolute Gasteiger partial charge is 0.251 e. The Balaban J connectivity index is 1.40. The fourth-order valence-corrected chi connectivity index (χ4v) is 3.91. The van der Waals surface area contributed by atoms with Crippen LogP contribution in [-0.4, -0.2) is 52.9 Å². The first-order valence-corrected chi connectivity index (χ1v) is 8.71. The van der Waals surface area contributed by atoms with Gasteiger partial charge in [0.2, 0.25) is 5.91 Å². The number of likely N-dealkylation sites (tertiary alicyclic amines) is 1. The number of aryl methyl sites for hydroxylation is 2. The van der Waals surface area contributed by atoms with Crippen molar-refractivity contribution >= 4 is 11.7 Å². The van der Waals surface area contributed by atoms with Gasteiger partial charge >= 0.3 is 0 Å². The summed E-state index contributed by atoms with van der Waals surface area (Å²) in [5, 5.41) is 0. The van der Waals surface area contributed by atoms with Crippen molar-refractivity contribution in [3.05, 3.63) is 17.1 Å². The number of hydrogen-bond donors (Lipinski definition) is 0. The average Bonchev–Trinajstić information content (AvgIpc) is 2.93. The van der Waals surface area contributed by atoms with E-state index in [1.807, 2.05) is 6.92 Å². The first-order valence-electron chi connectivity index (χ1n) is 8.71. The van der Waals surface area contributed by atoms with Gasteiger partial charge in [-0.2, -0.15) is 0 Å². The molecule has 1 amide bonds. The number of hydrogen-bond acceptors (Lipinski definition) is 4. The fourth-order valence-electron chi connectivity index (χ4n) is 3.91. The number of carbonyl (C=O) groups is 1. The SMILES string of the molecule is Cc1nc2c(c(N3CC(C(=O)N4CCC(F)(F)CC4)C3)n1)CCC2. The predicted octanol–water partition coefficient (Wildman–Crippen LogP) is 1.97. The van der Waals surface area contributed by atoms with Crippen LogP contribution in [-0.2, 0) is 17.6 Å². The molecule has 5 nitrogen and oxygen atoms in total. The molecule has 0 saturated carbocycles. The van der Waals surface area contributed by atoms with Gasteiger partial charge < -0.3 is 9.80 Å². The lowest BCUT2D eigenvalue weighted by Crippen LogP contribution is -2.56. The number of rotatable bonds is 2. The molecule has 4 rings (SSSR count). The summed E-state index contributed by atoms with van der Waals surface area (Å²) >= 11 is 0. The zero-order chi connectivity index (χ0) is 16.9. The number of halogens is 2. The minimum absolute atomic E-state index is 0.0178. The maximum absolute atomic E-state index is 13.2. The number of fused-ring (bicyclic) bond motifs is 1. The minimum Gasteiger partial charge on any atom is -0.355 e. The van der Waals surface area contributed by atoms with Crippen molar-refractivity contribution in [1.82, 2.24) is 14.9 Å². The summed E-state index contributed by atoms with van der Waals surface area (Å²) < 4.78 is 26.5. The molecule has 0 unspecified atom stereocenters. The lowest BCUT2D eigenvalue weighted by molar-refractivity contribution is -0.142. The van der Waals surface area contributed by atoms with Crippen LogP contribution in [0.3, 0.4) is 0 Å². The van der Waals surface area contributed by atoms with Crippen LogP contribution in [0.2, 0.25) is 0 Å². The lowest BCUT2D eigenvalue weighted by atomic mass is 9.95. The number of piperidine rings is 1. The van der Waals surface area contributed by atoms with Gasteiger partial charge in [-0.3, -0.25) is 4.79 Å². The molecule has 0 atom stereocenters. The molecule has 0 spiro atoms. The standard InChI is InChI=1S/C17H22F2N4O/c1-11-20-14-4-2-3-13(14)15(21-11)23-9-12(10-23)16(24)22-7-5-17(18,19)6-8-22/h12H,2-10H2,1H3. The quantitative estimate of drug-likeness (QED) is 0.828. The molecule has 2 aliphatic heterocycles. The maximum atomic E-state index is 13.2. The fraction of sp³-hybridized carbons (Fsp3) is 0.706. The van der Waals surface area contributed by atoms with Crippen molar-refractivity contribution < 1.29 is 13.6 Å². The Morgan fingerprint density at radius 3 is 2.58 bits per heavy atom. The second-order valence-corrected chi connectivity index (χ2v) is 7.16. The van der Waals surface area contributed by atoms with E-state index in [1.54, 1.807) is 4.90 Å². The molecular weight excluding hydrogens is 314 g/mol. The Morgan fingerprint density at radius 2 is 1.88 bits per heavy atom. The summed E-state index contributed by atoms with van der Waals surface area (Å²) in [4.78, 5) is 25.3. The minimum atomic E-state index is -2.61. The molecule has 0 aromatic carbocycles. The van der Waals surface area contributed by atoms with Gasteiger partial charge in [-0.25, -0.2) is 18.7 Å². The summed E-state index contributed by atoms with van der Waals surface area (Å²) in [5.74, 6) is -0.933. The maximum Gasteiger partial charge on any atom is 0.251 e. The molecule has 1 aromatic heterocycles. The first kappa shape index (κ1) is 15.7. The second kappa shape index (κ2) is 5.63. The Kier molecular flexibility index (Phi) is 3.69. The van der Waals surface area contributed by atoms with Gasteiger partial charge in [-0.15, -0.1) is 0 Å². The van der Waals surface area contributed by atoms with Crippen molar-refractivity contribution in [1.29, 1.82) is 0 Å². The van der Waals surface area contributed by atoms with Crippen molar-refractivity contribution in [3.8, 4) is 0 Å². The Bertz CT molecular complexity index is 663. The van der Waals surface area contributed by atoms with E-state index in [2.05, 4.69) is 14.9 Å².